The van der Waals surface area contributed by atoms with Crippen LogP contribution in [-0.4, -0.2) is 18.0 Å². The predicted molar refractivity (Wildman–Crippen MR) is 95.3 cm³/mol. The van der Waals surface area contributed by atoms with Gasteiger partial charge in [0.25, 0.3) is 0 Å². The molecule has 1 nitrogen and oxygen atoms in total. The minimum Gasteiger partial charge on any atom is -0.372 e. The summed E-state index contributed by atoms with van der Waals surface area (Å²) in [6, 6.07) is 0. The summed E-state index contributed by atoms with van der Waals surface area (Å²) in [6.07, 6.45) is 9.74. The van der Waals surface area contributed by atoms with E-state index in [4.69, 9.17) is 0 Å². The Morgan fingerprint density at radius 3 is 2.43 bits per heavy atom. The van der Waals surface area contributed by atoms with E-state index in [2.05, 4.69) is 65.2 Å². The van der Waals surface area contributed by atoms with Gasteiger partial charge in [-0.25, -0.2) is 0 Å². The Balaban J connectivity index is 2.52. The van der Waals surface area contributed by atoms with Gasteiger partial charge in [0.05, 0.1) is 0 Å². The Labute approximate surface area is 132 Å². The minimum absolute atomic E-state index is 0.559. The highest BCUT2D eigenvalue weighted by molar-refractivity contribution is 5.18. The number of allylic oxidation sites excluding steroid dienone is 4. The SMILES string of the molecule is C=C(C=C(C)C)N(CCC)C[C@@H]1C[C@]1(C)CCC=C(C)C. The highest BCUT2D eigenvalue weighted by atomic mass is 15.1. The maximum atomic E-state index is 4.27. The normalized spacial score (nSPS) is 23.4. The van der Waals surface area contributed by atoms with Crippen LogP contribution in [0.15, 0.2) is 35.6 Å². The number of rotatable bonds is 9. The Morgan fingerprint density at radius 2 is 1.90 bits per heavy atom. The number of hydrogen-bond donors (Lipinski definition) is 0. The Hall–Kier alpha value is -0.980. The van der Waals surface area contributed by atoms with Crippen LogP contribution in [0.1, 0.15) is 67.2 Å². The van der Waals surface area contributed by atoms with Gasteiger partial charge < -0.3 is 4.90 Å². The predicted octanol–water partition coefficient (Wildman–Crippen LogP) is 5.95. The molecule has 0 N–H and O–H groups in total. The third kappa shape index (κ3) is 6.11. The zero-order valence-electron chi connectivity index (χ0n) is 15.1. The second kappa shape index (κ2) is 7.87. The molecule has 0 aromatic rings. The summed E-state index contributed by atoms with van der Waals surface area (Å²) in [7, 11) is 0. The Morgan fingerprint density at radius 1 is 1.24 bits per heavy atom. The van der Waals surface area contributed by atoms with Crippen molar-refractivity contribution in [3.05, 3.63) is 35.6 Å². The first kappa shape index (κ1) is 18.1. The van der Waals surface area contributed by atoms with Crippen molar-refractivity contribution in [1.29, 1.82) is 0 Å². The van der Waals surface area contributed by atoms with Crippen LogP contribution in [0.5, 0.6) is 0 Å². The molecule has 1 aliphatic rings. The Bertz CT molecular complexity index is 408. The molecule has 1 saturated carbocycles. The summed E-state index contributed by atoms with van der Waals surface area (Å²) in [5.41, 5.74) is 4.53. The largest absolute Gasteiger partial charge is 0.372 e. The minimum atomic E-state index is 0.559. The van der Waals surface area contributed by atoms with E-state index in [9.17, 15) is 0 Å². The zero-order chi connectivity index (χ0) is 16.0. The summed E-state index contributed by atoms with van der Waals surface area (Å²) in [6.45, 7) is 20.0. The van der Waals surface area contributed by atoms with Crippen LogP contribution in [0.4, 0.5) is 0 Å². The molecule has 1 heteroatoms. The lowest BCUT2D eigenvalue weighted by Crippen LogP contribution is -2.26. The molecule has 0 aliphatic heterocycles. The molecule has 120 valence electrons. The van der Waals surface area contributed by atoms with Gasteiger partial charge in [0, 0.05) is 18.8 Å². The maximum Gasteiger partial charge on any atom is 0.0292 e. The van der Waals surface area contributed by atoms with Crippen LogP contribution in [0.25, 0.3) is 0 Å². The van der Waals surface area contributed by atoms with Gasteiger partial charge in [-0.15, -0.1) is 0 Å². The second-order valence-electron chi connectivity index (χ2n) is 7.53. The van der Waals surface area contributed by atoms with E-state index in [0.29, 0.717) is 5.41 Å². The molecule has 1 rings (SSSR count). The average Bonchev–Trinajstić information content (AvgIpc) is 2.97. The van der Waals surface area contributed by atoms with Crippen molar-refractivity contribution in [2.45, 2.75) is 67.2 Å². The fourth-order valence-electron chi connectivity index (χ4n) is 3.10. The van der Waals surface area contributed by atoms with E-state index in [1.54, 1.807) is 0 Å². The lowest BCUT2D eigenvalue weighted by molar-refractivity contribution is 0.310. The van der Waals surface area contributed by atoms with Gasteiger partial charge in [0.2, 0.25) is 0 Å². The summed E-state index contributed by atoms with van der Waals surface area (Å²) in [4.78, 5) is 2.49. The molecule has 0 heterocycles. The molecule has 2 atom stereocenters. The average molecular weight is 290 g/mol. The first-order chi connectivity index (χ1) is 9.78. The number of hydrogen-bond acceptors (Lipinski definition) is 1. The van der Waals surface area contributed by atoms with Crippen molar-refractivity contribution in [3.8, 4) is 0 Å². The van der Waals surface area contributed by atoms with E-state index in [-0.39, 0.29) is 0 Å². The van der Waals surface area contributed by atoms with E-state index in [0.717, 1.165) is 12.5 Å². The topological polar surface area (TPSA) is 3.24 Å². The van der Waals surface area contributed by atoms with Gasteiger partial charge in [-0.3, -0.25) is 0 Å². The summed E-state index contributed by atoms with van der Waals surface area (Å²) in [5, 5.41) is 0. The summed E-state index contributed by atoms with van der Waals surface area (Å²) < 4.78 is 0. The second-order valence-corrected chi connectivity index (χ2v) is 7.53. The van der Waals surface area contributed by atoms with Gasteiger partial charge in [-0.1, -0.05) is 37.6 Å². The smallest absolute Gasteiger partial charge is 0.0292 e. The fraction of sp³-hybridized carbons (Fsp3) is 0.700. The molecule has 0 saturated heterocycles. The molecule has 1 fully saturated rings. The van der Waals surface area contributed by atoms with Gasteiger partial charge in [-0.05, 0) is 70.8 Å². The van der Waals surface area contributed by atoms with Crippen molar-refractivity contribution in [2.75, 3.05) is 13.1 Å². The van der Waals surface area contributed by atoms with Gasteiger partial charge in [0.15, 0.2) is 0 Å². The molecular weight excluding hydrogens is 254 g/mol. The van der Waals surface area contributed by atoms with Crippen molar-refractivity contribution < 1.29 is 0 Å². The molecule has 0 aromatic heterocycles. The lowest BCUT2D eigenvalue weighted by atomic mass is 9.98. The van der Waals surface area contributed by atoms with Crippen LogP contribution in [0, 0.1) is 11.3 Å². The first-order valence-corrected chi connectivity index (χ1v) is 8.50. The molecule has 0 aromatic carbocycles. The highest BCUT2D eigenvalue weighted by Crippen LogP contribution is 2.56. The van der Waals surface area contributed by atoms with Crippen LogP contribution in [0.2, 0.25) is 0 Å². The maximum absolute atomic E-state index is 4.27. The summed E-state index contributed by atoms with van der Waals surface area (Å²) >= 11 is 0. The van der Waals surface area contributed by atoms with Gasteiger partial charge >= 0.3 is 0 Å². The summed E-state index contributed by atoms with van der Waals surface area (Å²) in [5.74, 6) is 0.844. The van der Waals surface area contributed by atoms with Crippen molar-refractivity contribution in [2.24, 2.45) is 11.3 Å². The number of nitrogens with zero attached hydrogens (tertiary/aromatic N) is 1. The first-order valence-electron chi connectivity index (χ1n) is 8.50. The molecule has 0 spiro atoms. The van der Waals surface area contributed by atoms with Crippen LogP contribution in [-0.2, 0) is 0 Å². The van der Waals surface area contributed by atoms with Crippen LogP contribution >= 0.6 is 0 Å². The lowest BCUT2D eigenvalue weighted by Gasteiger charge is -2.26. The molecule has 1 aliphatic carbocycles. The van der Waals surface area contributed by atoms with E-state index < -0.39 is 0 Å². The van der Waals surface area contributed by atoms with Crippen molar-refractivity contribution in [3.63, 3.8) is 0 Å². The Kier molecular flexibility index (Phi) is 6.77. The molecular formula is C20H35N. The third-order valence-electron chi connectivity index (χ3n) is 4.60. The molecule has 21 heavy (non-hydrogen) atoms. The molecule has 0 radical (unpaired) electrons. The van der Waals surface area contributed by atoms with Crippen molar-refractivity contribution in [1.82, 2.24) is 4.90 Å². The highest BCUT2D eigenvalue weighted by Gasteiger charge is 2.49. The van der Waals surface area contributed by atoms with Crippen LogP contribution < -0.4 is 0 Å². The van der Waals surface area contributed by atoms with E-state index in [1.807, 2.05) is 0 Å². The van der Waals surface area contributed by atoms with E-state index >= 15 is 0 Å². The van der Waals surface area contributed by atoms with Crippen molar-refractivity contribution >= 4 is 0 Å². The zero-order valence-corrected chi connectivity index (χ0v) is 15.1. The monoisotopic (exact) mass is 289 g/mol. The molecule has 0 amide bonds. The third-order valence-corrected chi connectivity index (χ3v) is 4.60. The standard InChI is InChI=1S/C20H35N/c1-8-12-21(18(6)13-17(4)5)15-19-14-20(19,7)11-9-10-16(2)3/h10,13,19H,6,8-9,11-12,14-15H2,1-5,7H3/t19-,20-/m0/s1. The van der Waals surface area contributed by atoms with Gasteiger partial charge in [0.1, 0.15) is 0 Å². The fourth-order valence-corrected chi connectivity index (χ4v) is 3.10. The van der Waals surface area contributed by atoms with Gasteiger partial charge in [-0.2, -0.15) is 0 Å². The van der Waals surface area contributed by atoms with Crippen LogP contribution in [0.3, 0.4) is 0 Å². The van der Waals surface area contributed by atoms with E-state index in [1.165, 1.54) is 49.1 Å². The molecule has 0 unspecified atom stereocenters. The molecule has 0 bridgehead atoms. The quantitative estimate of drug-likeness (QED) is 0.374.